The van der Waals surface area contributed by atoms with Crippen LogP contribution in [-0.2, 0) is 4.79 Å². The maximum absolute atomic E-state index is 11.7. The Kier molecular flexibility index (Phi) is 5.40. The van der Waals surface area contributed by atoms with Crippen molar-refractivity contribution in [3.63, 3.8) is 0 Å². The minimum Gasteiger partial charge on any atom is -0.341 e. The summed E-state index contributed by atoms with van der Waals surface area (Å²) in [6.07, 6.45) is 4.04. The van der Waals surface area contributed by atoms with E-state index in [-0.39, 0.29) is 5.91 Å². The Hall–Kier alpha value is -0.870. The average Bonchev–Trinajstić information content (AvgIpc) is 3.08. The maximum Gasteiger partial charge on any atom is 0.222 e. The molecule has 0 bridgehead atoms. The predicted octanol–water partition coefficient (Wildman–Crippen LogP) is 3.19. The van der Waals surface area contributed by atoms with Crippen molar-refractivity contribution in [3.05, 3.63) is 22.4 Å². The van der Waals surface area contributed by atoms with E-state index in [1.54, 1.807) is 11.3 Å². The van der Waals surface area contributed by atoms with E-state index in [1.807, 2.05) is 11.8 Å². The summed E-state index contributed by atoms with van der Waals surface area (Å²) in [4.78, 5) is 13.7. The lowest BCUT2D eigenvalue weighted by molar-refractivity contribution is -0.129. The molecule has 0 aliphatic carbocycles. The lowest BCUT2D eigenvalue weighted by Gasteiger charge is -2.22. The first-order valence-corrected chi connectivity index (χ1v) is 8.24. The summed E-state index contributed by atoms with van der Waals surface area (Å²) in [5.74, 6) is 0.284. The third-order valence-electron chi connectivity index (χ3n) is 3.80. The molecule has 2 heterocycles. The van der Waals surface area contributed by atoms with Crippen LogP contribution in [0.4, 0.5) is 0 Å². The molecule has 0 saturated carbocycles. The van der Waals surface area contributed by atoms with E-state index in [1.165, 1.54) is 12.0 Å². The molecule has 2 atom stereocenters. The van der Waals surface area contributed by atoms with Crippen molar-refractivity contribution >= 4 is 17.2 Å². The third-order valence-corrected chi connectivity index (χ3v) is 4.50. The molecule has 1 aromatic heterocycles. The quantitative estimate of drug-likeness (QED) is 0.868. The van der Waals surface area contributed by atoms with Crippen LogP contribution in [0.5, 0.6) is 0 Å². The molecule has 0 aromatic carbocycles. The van der Waals surface area contributed by atoms with Crippen molar-refractivity contribution in [1.29, 1.82) is 0 Å². The Labute approximate surface area is 120 Å². The molecule has 1 N–H and O–H groups in total. The van der Waals surface area contributed by atoms with Crippen LogP contribution in [0, 0.1) is 0 Å². The van der Waals surface area contributed by atoms with Gasteiger partial charge in [0.25, 0.3) is 0 Å². The molecule has 0 spiro atoms. The minimum atomic E-state index is 0.284. The van der Waals surface area contributed by atoms with E-state index in [9.17, 15) is 4.79 Å². The highest BCUT2D eigenvalue weighted by atomic mass is 32.1. The van der Waals surface area contributed by atoms with Crippen LogP contribution in [0.1, 0.15) is 51.1 Å². The number of hydrogen-bond acceptors (Lipinski definition) is 3. The standard InChI is InChI=1S/C15H24N2OS/c1-3-5-14(12-7-9-19-11-12)16-13-6-8-17(10-13)15(18)4-2/h7,9,11,13-14,16H,3-6,8,10H2,1-2H3/t13-,14-/m0/s1. The normalized spacial score (nSPS) is 20.7. The van der Waals surface area contributed by atoms with Crippen LogP contribution in [0.2, 0.25) is 0 Å². The van der Waals surface area contributed by atoms with Crippen LogP contribution >= 0.6 is 11.3 Å². The summed E-state index contributed by atoms with van der Waals surface area (Å²) >= 11 is 1.76. The molecule has 0 unspecified atom stereocenters. The highest BCUT2D eigenvalue weighted by molar-refractivity contribution is 7.07. The number of rotatable bonds is 6. The van der Waals surface area contributed by atoms with E-state index < -0.39 is 0 Å². The summed E-state index contributed by atoms with van der Waals surface area (Å²) in [5.41, 5.74) is 1.40. The summed E-state index contributed by atoms with van der Waals surface area (Å²) in [5, 5.41) is 8.11. The second kappa shape index (κ2) is 7.06. The molecular formula is C15H24N2OS. The molecule has 106 valence electrons. The van der Waals surface area contributed by atoms with Crippen molar-refractivity contribution in [2.24, 2.45) is 0 Å². The number of thiophene rings is 1. The molecule has 0 radical (unpaired) electrons. The van der Waals surface area contributed by atoms with Gasteiger partial charge < -0.3 is 10.2 Å². The molecule has 1 fully saturated rings. The fraction of sp³-hybridized carbons (Fsp3) is 0.667. The fourth-order valence-electron chi connectivity index (χ4n) is 2.74. The molecule has 3 nitrogen and oxygen atoms in total. The summed E-state index contributed by atoms with van der Waals surface area (Å²) in [6.45, 7) is 5.95. The summed E-state index contributed by atoms with van der Waals surface area (Å²) in [6, 6.07) is 3.10. The van der Waals surface area contributed by atoms with Gasteiger partial charge in [0.15, 0.2) is 0 Å². The minimum absolute atomic E-state index is 0.284. The first kappa shape index (κ1) is 14.5. The molecule has 2 rings (SSSR count). The van der Waals surface area contributed by atoms with Gasteiger partial charge in [0, 0.05) is 31.6 Å². The average molecular weight is 280 g/mol. The Morgan fingerprint density at radius 2 is 2.42 bits per heavy atom. The predicted molar refractivity (Wildman–Crippen MR) is 80.4 cm³/mol. The molecule has 19 heavy (non-hydrogen) atoms. The number of nitrogens with zero attached hydrogens (tertiary/aromatic N) is 1. The largest absolute Gasteiger partial charge is 0.341 e. The number of likely N-dealkylation sites (tertiary alicyclic amines) is 1. The third kappa shape index (κ3) is 3.80. The van der Waals surface area contributed by atoms with Crippen molar-refractivity contribution < 1.29 is 4.79 Å². The second-order valence-corrected chi connectivity index (χ2v) is 6.02. The van der Waals surface area contributed by atoms with Crippen LogP contribution < -0.4 is 5.32 Å². The summed E-state index contributed by atoms with van der Waals surface area (Å²) in [7, 11) is 0. The Morgan fingerprint density at radius 3 is 3.05 bits per heavy atom. The molecular weight excluding hydrogens is 256 g/mol. The number of amides is 1. The van der Waals surface area contributed by atoms with Gasteiger partial charge in [0.05, 0.1) is 0 Å². The lowest BCUT2D eigenvalue weighted by atomic mass is 10.0. The van der Waals surface area contributed by atoms with Crippen molar-refractivity contribution in [2.45, 2.75) is 51.6 Å². The van der Waals surface area contributed by atoms with E-state index in [0.29, 0.717) is 18.5 Å². The van der Waals surface area contributed by atoms with Gasteiger partial charge in [0.1, 0.15) is 0 Å². The molecule has 1 amide bonds. The Morgan fingerprint density at radius 1 is 1.58 bits per heavy atom. The number of nitrogens with one attached hydrogen (secondary N) is 1. The van der Waals surface area contributed by atoms with Gasteiger partial charge in [-0.25, -0.2) is 0 Å². The molecule has 1 aromatic rings. The van der Waals surface area contributed by atoms with Gasteiger partial charge in [-0.3, -0.25) is 4.79 Å². The van der Waals surface area contributed by atoms with Gasteiger partial charge in [-0.05, 0) is 35.2 Å². The molecule has 1 saturated heterocycles. The lowest BCUT2D eigenvalue weighted by Crippen LogP contribution is -2.36. The first-order valence-electron chi connectivity index (χ1n) is 7.30. The van der Waals surface area contributed by atoms with Gasteiger partial charge in [-0.1, -0.05) is 20.3 Å². The molecule has 1 aliphatic heterocycles. The van der Waals surface area contributed by atoms with Gasteiger partial charge in [-0.2, -0.15) is 11.3 Å². The first-order chi connectivity index (χ1) is 9.24. The zero-order valence-electron chi connectivity index (χ0n) is 11.9. The van der Waals surface area contributed by atoms with Gasteiger partial charge in [0.2, 0.25) is 5.91 Å². The highest BCUT2D eigenvalue weighted by Gasteiger charge is 2.27. The zero-order valence-corrected chi connectivity index (χ0v) is 12.7. The van der Waals surface area contributed by atoms with E-state index in [2.05, 4.69) is 29.1 Å². The van der Waals surface area contributed by atoms with Crippen LogP contribution in [0.25, 0.3) is 0 Å². The Bertz CT molecular complexity index is 391. The molecule has 1 aliphatic rings. The van der Waals surface area contributed by atoms with E-state index in [4.69, 9.17) is 0 Å². The second-order valence-electron chi connectivity index (χ2n) is 5.24. The zero-order chi connectivity index (χ0) is 13.7. The van der Waals surface area contributed by atoms with Crippen LogP contribution in [-0.4, -0.2) is 29.9 Å². The van der Waals surface area contributed by atoms with Crippen LogP contribution in [0.15, 0.2) is 16.8 Å². The Balaban J connectivity index is 1.90. The highest BCUT2D eigenvalue weighted by Crippen LogP contribution is 2.23. The van der Waals surface area contributed by atoms with Crippen molar-refractivity contribution in [3.8, 4) is 0 Å². The van der Waals surface area contributed by atoms with E-state index in [0.717, 1.165) is 25.9 Å². The maximum atomic E-state index is 11.7. The van der Waals surface area contributed by atoms with Gasteiger partial charge >= 0.3 is 0 Å². The summed E-state index contributed by atoms with van der Waals surface area (Å²) < 4.78 is 0. The number of carbonyl (C=O) groups is 1. The topological polar surface area (TPSA) is 32.3 Å². The fourth-order valence-corrected chi connectivity index (χ4v) is 3.45. The molecule has 4 heteroatoms. The SMILES string of the molecule is CCC[C@H](N[C@H]1CCN(C(=O)CC)C1)c1ccsc1. The van der Waals surface area contributed by atoms with E-state index >= 15 is 0 Å². The van der Waals surface area contributed by atoms with Crippen LogP contribution in [0.3, 0.4) is 0 Å². The van der Waals surface area contributed by atoms with Crippen molar-refractivity contribution in [1.82, 2.24) is 10.2 Å². The van der Waals surface area contributed by atoms with Gasteiger partial charge in [-0.15, -0.1) is 0 Å². The number of carbonyl (C=O) groups excluding carboxylic acids is 1. The van der Waals surface area contributed by atoms with Crippen molar-refractivity contribution in [2.75, 3.05) is 13.1 Å². The monoisotopic (exact) mass is 280 g/mol. The number of hydrogen-bond donors (Lipinski definition) is 1. The smallest absolute Gasteiger partial charge is 0.222 e.